The van der Waals surface area contributed by atoms with Gasteiger partial charge in [0.1, 0.15) is 6.10 Å². The van der Waals surface area contributed by atoms with Crippen molar-refractivity contribution in [3.05, 3.63) is 0 Å². The van der Waals surface area contributed by atoms with Crippen LogP contribution in [0.4, 0.5) is 0 Å². The third-order valence-corrected chi connectivity index (χ3v) is 5.53. The minimum absolute atomic E-state index is 0.00522. The fourth-order valence-electron chi connectivity index (χ4n) is 3.37. The minimum atomic E-state index is -0.00522. The van der Waals surface area contributed by atoms with E-state index in [-0.39, 0.29) is 12.1 Å². The molecule has 0 saturated heterocycles. The highest BCUT2D eigenvalue weighted by Crippen LogP contribution is 2.18. The first kappa shape index (κ1) is 24.5. The standard InChI is InChI=1S/C23H46O2/c1-7-20(5)16-14-12-10-9-11-13-15-17-21(6)18-23(24)25-22(8-2)19(3)4/h19-22H,7-18H2,1-6H3/t20-,21-,22+/m1/s1. The maximum atomic E-state index is 12.0. The first-order valence-corrected chi connectivity index (χ1v) is 11.1. The van der Waals surface area contributed by atoms with E-state index in [1.165, 1.54) is 57.8 Å². The average Bonchev–Trinajstić information content (AvgIpc) is 2.57. The van der Waals surface area contributed by atoms with Gasteiger partial charge in [-0.05, 0) is 24.2 Å². The van der Waals surface area contributed by atoms with Crippen molar-refractivity contribution >= 4 is 5.97 Å². The molecule has 0 heterocycles. The molecule has 3 atom stereocenters. The van der Waals surface area contributed by atoms with E-state index in [1.807, 2.05) is 0 Å². The number of carbonyl (C=O) groups is 1. The van der Waals surface area contributed by atoms with Crippen molar-refractivity contribution in [3.63, 3.8) is 0 Å². The van der Waals surface area contributed by atoms with Gasteiger partial charge in [-0.15, -0.1) is 0 Å². The van der Waals surface area contributed by atoms with Crippen molar-refractivity contribution in [2.75, 3.05) is 0 Å². The lowest BCUT2D eigenvalue weighted by Gasteiger charge is -2.20. The highest BCUT2D eigenvalue weighted by molar-refractivity contribution is 5.69. The lowest BCUT2D eigenvalue weighted by molar-refractivity contribution is -0.152. The molecular weight excluding hydrogens is 308 g/mol. The van der Waals surface area contributed by atoms with Crippen molar-refractivity contribution in [3.8, 4) is 0 Å². The fraction of sp³-hybridized carbons (Fsp3) is 0.957. The summed E-state index contributed by atoms with van der Waals surface area (Å²) < 4.78 is 5.60. The van der Waals surface area contributed by atoms with Crippen LogP contribution in [0, 0.1) is 17.8 Å². The van der Waals surface area contributed by atoms with Crippen LogP contribution in [0.5, 0.6) is 0 Å². The summed E-state index contributed by atoms with van der Waals surface area (Å²) in [5.41, 5.74) is 0. The van der Waals surface area contributed by atoms with Gasteiger partial charge in [0.2, 0.25) is 0 Å². The number of hydrogen-bond acceptors (Lipinski definition) is 2. The molecule has 150 valence electrons. The summed E-state index contributed by atoms with van der Waals surface area (Å²) in [6.07, 6.45) is 15.0. The van der Waals surface area contributed by atoms with Crippen LogP contribution in [0.3, 0.4) is 0 Å². The van der Waals surface area contributed by atoms with Crippen molar-refractivity contribution in [2.45, 2.75) is 125 Å². The number of carbonyl (C=O) groups excluding carboxylic acids is 1. The van der Waals surface area contributed by atoms with Crippen molar-refractivity contribution < 1.29 is 9.53 Å². The Morgan fingerprint density at radius 3 is 1.64 bits per heavy atom. The van der Waals surface area contributed by atoms with Gasteiger partial charge in [0.25, 0.3) is 0 Å². The molecular formula is C23H46O2. The molecule has 0 fully saturated rings. The first-order valence-electron chi connectivity index (χ1n) is 11.1. The van der Waals surface area contributed by atoms with Gasteiger partial charge in [-0.25, -0.2) is 0 Å². The lowest BCUT2D eigenvalue weighted by atomic mass is 9.97. The van der Waals surface area contributed by atoms with Gasteiger partial charge in [-0.3, -0.25) is 4.79 Å². The number of rotatable bonds is 16. The lowest BCUT2D eigenvalue weighted by Crippen LogP contribution is -2.23. The third kappa shape index (κ3) is 14.3. The second kappa shape index (κ2) is 15.7. The molecule has 0 amide bonds. The molecule has 0 unspecified atom stereocenters. The molecule has 0 aliphatic carbocycles. The largest absolute Gasteiger partial charge is 0.462 e. The summed E-state index contributed by atoms with van der Waals surface area (Å²) in [6.45, 7) is 13.2. The normalized spacial score (nSPS) is 15.2. The van der Waals surface area contributed by atoms with E-state index in [0.29, 0.717) is 18.3 Å². The van der Waals surface area contributed by atoms with Crippen LogP contribution >= 0.6 is 0 Å². The summed E-state index contributed by atoms with van der Waals surface area (Å²) in [6, 6.07) is 0. The predicted molar refractivity (Wildman–Crippen MR) is 110 cm³/mol. The Hall–Kier alpha value is -0.530. The fourth-order valence-corrected chi connectivity index (χ4v) is 3.37. The van der Waals surface area contributed by atoms with Crippen LogP contribution in [0.2, 0.25) is 0 Å². The Morgan fingerprint density at radius 2 is 1.20 bits per heavy atom. The molecule has 0 spiro atoms. The number of unbranched alkanes of at least 4 members (excludes halogenated alkanes) is 6. The van der Waals surface area contributed by atoms with E-state index in [1.54, 1.807) is 0 Å². The smallest absolute Gasteiger partial charge is 0.306 e. The summed E-state index contributed by atoms with van der Waals surface area (Å²) in [7, 11) is 0. The van der Waals surface area contributed by atoms with Crippen LogP contribution in [0.25, 0.3) is 0 Å². The molecule has 0 aliphatic heterocycles. The molecule has 0 N–H and O–H groups in total. The summed E-state index contributed by atoms with van der Waals surface area (Å²) >= 11 is 0. The monoisotopic (exact) mass is 354 g/mol. The first-order chi connectivity index (χ1) is 11.9. The third-order valence-electron chi connectivity index (χ3n) is 5.53. The SMILES string of the molecule is CC[C@@H](C)CCCCCCCCC[C@@H](C)CC(=O)O[C@@H](CC)C(C)C. The second-order valence-corrected chi connectivity index (χ2v) is 8.56. The average molecular weight is 355 g/mol. The van der Waals surface area contributed by atoms with Gasteiger partial charge in [0, 0.05) is 6.42 Å². The zero-order valence-corrected chi connectivity index (χ0v) is 18.1. The van der Waals surface area contributed by atoms with E-state index < -0.39 is 0 Å². The molecule has 2 heteroatoms. The molecule has 25 heavy (non-hydrogen) atoms. The van der Waals surface area contributed by atoms with Crippen molar-refractivity contribution in [2.24, 2.45) is 17.8 Å². The number of hydrogen-bond donors (Lipinski definition) is 0. The van der Waals surface area contributed by atoms with Gasteiger partial charge < -0.3 is 4.74 Å². The molecule has 0 radical (unpaired) electrons. The van der Waals surface area contributed by atoms with Crippen LogP contribution in [0.1, 0.15) is 119 Å². The second-order valence-electron chi connectivity index (χ2n) is 8.56. The zero-order valence-electron chi connectivity index (χ0n) is 18.1. The molecule has 0 aromatic heterocycles. The maximum Gasteiger partial charge on any atom is 0.306 e. The molecule has 0 aliphatic rings. The Balaban J connectivity index is 3.54. The van der Waals surface area contributed by atoms with Crippen molar-refractivity contribution in [1.82, 2.24) is 0 Å². The van der Waals surface area contributed by atoms with E-state index in [0.717, 1.165) is 18.8 Å². The molecule has 0 aromatic carbocycles. The Kier molecular flexibility index (Phi) is 15.4. The molecule has 0 aromatic rings. The van der Waals surface area contributed by atoms with Gasteiger partial charge in [-0.2, -0.15) is 0 Å². The van der Waals surface area contributed by atoms with E-state index in [2.05, 4.69) is 41.5 Å². The predicted octanol–water partition coefficient (Wildman–Crippen LogP) is 7.55. The van der Waals surface area contributed by atoms with E-state index in [4.69, 9.17) is 4.74 Å². The van der Waals surface area contributed by atoms with Crippen LogP contribution in [-0.4, -0.2) is 12.1 Å². The van der Waals surface area contributed by atoms with E-state index in [9.17, 15) is 4.79 Å². The number of esters is 1. The van der Waals surface area contributed by atoms with Gasteiger partial charge in [0.15, 0.2) is 0 Å². The van der Waals surface area contributed by atoms with Gasteiger partial charge in [0.05, 0.1) is 0 Å². The Morgan fingerprint density at radius 1 is 0.720 bits per heavy atom. The summed E-state index contributed by atoms with van der Waals surface area (Å²) in [4.78, 5) is 12.0. The zero-order chi connectivity index (χ0) is 19.1. The highest BCUT2D eigenvalue weighted by Gasteiger charge is 2.18. The molecule has 2 nitrogen and oxygen atoms in total. The molecule has 0 rings (SSSR count). The molecule has 0 saturated carbocycles. The quantitative estimate of drug-likeness (QED) is 0.211. The molecule has 0 bridgehead atoms. The maximum absolute atomic E-state index is 12.0. The van der Waals surface area contributed by atoms with Crippen LogP contribution in [-0.2, 0) is 9.53 Å². The Bertz CT molecular complexity index is 311. The van der Waals surface area contributed by atoms with Gasteiger partial charge in [-0.1, -0.05) is 106 Å². The Labute approximate surface area is 158 Å². The van der Waals surface area contributed by atoms with E-state index >= 15 is 0 Å². The van der Waals surface area contributed by atoms with Crippen molar-refractivity contribution in [1.29, 1.82) is 0 Å². The summed E-state index contributed by atoms with van der Waals surface area (Å²) in [5, 5.41) is 0. The van der Waals surface area contributed by atoms with Crippen LogP contribution in [0.15, 0.2) is 0 Å². The minimum Gasteiger partial charge on any atom is -0.462 e. The summed E-state index contributed by atoms with van der Waals surface area (Å²) in [5.74, 6) is 1.76. The number of ether oxygens (including phenoxy) is 1. The topological polar surface area (TPSA) is 26.3 Å². The van der Waals surface area contributed by atoms with Gasteiger partial charge >= 0.3 is 5.97 Å². The highest BCUT2D eigenvalue weighted by atomic mass is 16.5. The van der Waals surface area contributed by atoms with Crippen LogP contribution < -0.4 is 0 Å².